The third-order valence-electron chi connectivity index (χ3n) is 5.45. The number of hydrogen-bond acceptors (Lipinski definition) is 4. The normalized spacial score (nSPS) is 20.8. The lowest BCUT2D eigenvalue weighted by molar-refractivity contribution is -0.144. The second-order valence-corrected chi connectivity index (χ2v) is 8.00. The summed E-state index contributed by atoms with van der Waals surface area (Å²) < 4.78 is 54.1. The van der Waals surface area contributed by atoms with Gasteiger partial charge in [0.15, 0.2) is 0 Å². The fourth-order valence-corrected chi connectivity index (χ4v) is 3.84. The van der Waals surface area contributed by atoms with E-state index in [1.807, 2.05) is 0 Å². The summed E-state index contributed by atoms with van der Waals surface area (Å²) >= 11 is 5.71. The Kier molecular flexibility index (Phi) is 4.86. The summed E-state index contributed by atoms with van der Waals surface area (Å²) in [5.41, 5.74) is -0.587. The molecule has 4 rings (SSSR count). The van der Waals surface area contributed by atoms with Gasteiger partial charge in [-0.15, -0.1) is 0 Å². The van der Waals surface area contributed by atoms with Crippen LogP contribution in [0.4, 0.5) is 8.78 Å². The number of rotatable bonds is 6. The van der Waals surface area contributed by atoms with E-state index in [1.165, 1.54) is 23.1 Å². The molecule has 2 aromatic carbocycles. The van der Waals surface area contributed by atoms with Gasteiger partial charge in [-0.3, -0.25) is 24.5 Å². The van der Waals surface area contributed by atoms with Gasteiger partial charge in [0, 0.05) is 36.9 Å². The smallest absolute Gasteiger partial charge is 0.322 e. The van der Waals surface area contributed by atoms with Gasteiger partial charge < -0.3 is 4.90 Å². The number of aryl methyl sites for hydroxylation is 1. The largest absolute Gasteiger partial charge is 0.330 e. The van der Waals surface area contributed by atoms with Gasteiger partial charge in [0.05, 0.1) is 2.74 Å². The number of piperidine rings is 1. The number of fused-ring (bicyclic) bond motifs is 1. The van der Waals surface area contributed by atoms with E-state index in [1.54, 1.807) is 0 Å². The molecular weight excluding hydrogens is 442 g/mol. The minimum Gasteiger partial charge on any atom is -0.322 e. The molecule has 0 spiro atoms. The number of amides is 3. The van der Waals surface area contributed by atoms with Gasteiger partial charge >= 0.3 is 5.92 Å². The molecule has 9 heteroatoms. The highest BCUT2D eigenvalue weighted by Gasteiger charge is 2.41. The molecule has 2 aromatic rings. The van der Waals surface area contributed by atoms with Crippen molar-refractivity contribution in [3.8, 4) is 0 Å². The van der Waals surface area contributed by atoms with Crippen molar-refractivity contribution in [3.05, 3.63) is 69.7 Å². The van der Waals surface area contributed by atoms with Crippen LogP contribution in [0, 0.1) is 0 Å². The molecule has 2 heterocycles. The second-order valence-electron chi connectivity index (χ2n) is 7.56. The molecule has 0 radical (unpaired) electrons. The molecule has 3 amide bonds. The maximum absolute atomic E-state index is 14.7. The molecule has 0 bridgehead atoms. The van der Waals surface area contributed by atoms with E-state index < -0.39 is 65.9 Å². The van der Waals surface area contributed by atoms with Crippen LogP contribution < -0.4 is 5.32 Å². The van der Waals surface area contributed by atoms with Gasteiger partial charge in [0.25, 0.3) is 5.91 Å². The van der Waals surface area contributed by atoms with Crippen LogP contribution in [0.15, 0.2) is 42.4 Å². The van der Waals surface area contributed by atoms with Gasteiger partial charge in [-0.05, 0) is 42.1 Å². The van der Waals surface area contributed by atoms with Gasteiger partial charge in [0.2, 0.25) is 17.6 Å². The first-order valence-corrected chi connectivity index (χ1v) is 10.2. The van der Waals surface area contributed by atoms with E-state index in [0.29, 0.717) is 0 Å². The van der Waals surface area contributed by atoms with Crippen LogP contribution in [-0.4, -0.2) is 34.4 Å². The third kappa shape index (κ3) is 4.14. The molecule has 1 saturated heterocycles. The number of carbonyl (C=O) groups excluding carboxylic acids is 4. The molecule has 2 aliphatic rings. The molecule has 32 heavy (non-hydrogen) atoms. The average Bonchev–Trinajstić information content (AvgIpc) is 3.12. The zero-order valence-electron chi connectivity index (χ0n) is 19.6. The first-order valence-electron chi connectivity index (χ1n) is 11.4. The lowest BCUT2D eigenvalue weighted by atomic mass is 9.97. The highest BCUT2D eigenvalue weighted by atomic mass is 35.5. The quantitative estimate of drug-likeness (QED) is 0.665. The number of imide groups is 1. The van der Waals surface area contributed by atoms with Crippen molar-refractivity contribution in [1.29, 1.82) is 0 Å². The SMILES string of the molecule is [2H]c1c(C([2H])CC(=O)C(F)(F)c2ccc(Cl)cc2)cc2c(c1[2H])C(=O)N(C1CCC(=O)NC1=O)C2. The Balaban J connectivity index is 1.58. The van der Waals surface area contributed by atoms with Crippen LogP contribution in [0.25, 0.3) is 0 Å². The van der Waals surface area contributed by atoms with Crippen LogP contribution in [0.1, 0.15) is 50.4 Å². The number of carbonyl (C=O) groups is 4. The van der Waals surface area contributed by atoms with Crippen molar-refractivity contribution in [2.45, 2.75) is 44.2 Å². The molecule has 0 saturated carbocycles. The minimum atomic E-state index is -3.88. The van der Waals surface area contributed by atoms with Crippen molar-refractivity contribution in [1.82, 2.24) is 10.2 Å². The number of halogens is 3. The Labute approximate surface area is 191 Å². The van der Waals surface area contributed by atoms with Crippen molar-refractivity contribution < 1.29 is 32.1 Å². The van der Waals surface area contributed by atoms with Gasteiger partial charge in [-0.2, -0.15) is 8.78 Å². The van der Waals surface area contributed by atoms with E-state index >= 15 is 0 Å². The number of hydrogen-bond donors (Lipinski definition) is 1. The Morgan fingerprint density at radius 3 is 2.66 bits per heavy atom. The second kappa shape index (κ2) is 8.43. The highest BCUT2D eigenvalue weighted by molar-refractivity contribution is 6.30. The predicted octanol–water partition coefficient (Wildman–Crippen LogP) is 3.39. The molecule has 2 aliphatic heterocycles. The van der Waals surface area contributed by atoms with Crippen LogP contribution >= 0.6 is 11.6 Å². The van der Waals surface area contributed by atoms with E-state index in [-0.39, 0.29) is 41.1 Å². The summed E-state index contributed by atoms with van der Waals surface area (Å²) in [6.07, 6.45) is -2.36. The monoisotopic (exact) mass is 463 g/mol. The molecule has 166 valence electrons. The number of alkyl halides is 2. The molecule has 0 aromatic heterocycles. The van der Waals surface area contributed by atoms with Crippen LogP contribution in [0.2, 0.25) is 5.02 Å². The highest BCUT2D eigenvalue weighted by Crippen LogP contribution is 2.32. The van der Waals surface area contributed by atoms with Crippen LogP contribution in [0.3, 0.4) is 0 Å². The molecule has 1 fully saturated rings. The predicted molar refractivity (Wildman–Crippen MR) is 111 cm³/mol. The van der Waals surface area contributed by atoms with Crippen molar-refractivity contribution in [3.63, 3.8) is 0 Å². The van der Waals surface area contributed by atoms with Gasteiger partial charge in [-0.25, -0.2) is 0 Å². The zero-order chi connectivity index (χ0) is 25.7. The number of nitrogens with one attached hydrogen (secondary N) is 1. The number of ketones is 1. The van der Waals surface area contributed by atoms with E-state index in [0.717, 1.165) is 12.1 Å². The number of nitrogens with zero attached hydrogens (tertiary/aromatic N) is 1. The van der Waals surface area contributed by atoms with Crippen molar-refractivity contribution in [2.75, 3.05) is 0 Å². The summed E-state index contributed by atoms with van der Waals surface area (Å²) in [5, 5.41) is 2.38. The maximum atomic E-state index is 14.7. The Hall–Kier alpha value is -3.13. The topological polar surface area (TPSA) is 83.6 Å². The zero-order valence-corrected chi connectivity index (χ0v) is 17.3. The Bertz CT molecular complexity index is 1260. The minimum absolute atomic E-state index is 0.0396. The van der Waals surface area contributed by atoms with E-state index in [9.17, 15) is 28.0 Å². The fourth-order valence-electron chi connectivity index (χ4n) is 3.72. The average molecular weight is 464 g/mol. The summed E-state index contributed by atoms with van der Waals surface area (Å²) in [6, 6.07) is 3.79. The summed E-state index contributed by atoms with van der Waals surface area (Å²) in [4.78, 5) is 50.1. The van der Waals surface area contributed by atoms with Gasteiger partial charge in [0.1, 0.15) is 6.04 Å². The van der Waals surface area contributed by atoms with Crippen LogP contribution in [-0.2, 0) is 33.2 Å². The number of Topliss-reactive ketones (excluding diaryl/α,β-unsaturated/α-hetero) is 1. The first kappa shape index (κ1) is 18.4. The molecule has 0 aliphatic carbocycles. The summed E-state index contributed by atoms with van der Waals surface area (Å²) in [5.74, 6) is -7.18. The lowest BCUT2D eigenvalue weighted by Gasteiger charge is -2.29. The molecule has 2 atom stereocenters. The summed E-state index contributed by atoms with van der Waals surface area (Å²) in [6.45, 7) is -0.110. The Morgan fingerprint density at radius 2 is 1.97 bits per heavy atom. The molecular formula is C23H19ClF2N2O4. The standard InChI is InChI=1S/C23H19ClF2N2O4/c24-16-5-3-15(4-6-16)23(25,26)19(29)9-2-13-1-7-17-14(11-13)12-28(22(17)32)18-8-10-20(30)27-21(18)31/h1,3-7,11,18H,2,8-10,12H2,(H,27,30,31)/i1D,2D,7D. The van der Waals surface area contributed by atoms with Gasteiger partial charge in [-0.1, -0.05) is 35.8 Å². The molecule has 6 nitrogen and oxygen atoms in total. The molecule has 1 N–H and O–H groups in total. The maximum Gasteiger partial charge on any atom is 0.330 e. The summed E-state index contributed by atoms with van der Waals surface area (Å²) in [7, 11) is 0. The van der Waals surface area contributed by atoms with Crippen molar-refractivity contribution in [2.24, 2.45) is 0 Å². The molecule has 2 unspecified atom stereocenters. The number of benzene rings is 2. The first-order chi connectivity index (χ1) is 16.4. The third-order valence-corrected chi connectivity index (χ3v) is 5.70. The van der Waals surface area contributed by atoms with E-state index in [2.05, 4.69) is 5.32 Å². The lowest BCUT2D eigenvalue weighted by Crippen LogP contribution is -2.52. The fraction of sp³-hybridized carbons (Fsp3) is 0.304. The Morgan fingerprint density at radius 1 is 1.25 bits per heavy atom. The van der Waals surface area contributed by atoms with Crippen molar-refractivity contribution >= 4 is 35.1 Å². The van der Waals surface area contributed by atoms with E-state index in [4.69, 9.17) is 15.7 Å². The van der Waals surface area contributed by atoms with Crippen LogP contribution in [0.5, 0.6) is 0 Å².